The van der Waals surface area contributed by atoms with Crippen LogP contribution in [0.2, 0.25) is 0 Å². The van der Waals surface area contributed by atoms with Crippen LogP contribution in [0.5, 0.6) is 0 Å². The predicted molar refractivity (Wildman–Crippen MR) is 178 cm³/mol. The number of fused-ring (bicyclic) bond motifs is 2. The largest absolute Gasteiger partial charge is 0.436 e. The number of nitrogens with one attached hydrogen (secondary N) is 2. The van der Waals surface area contributed by atoms with Crippen molar-refractivity contribution >= 4 is 34.8 Å². The molecule has 0 bridgehead atoms. The number of aromatic amines is 1. The molecule has 0 saturated carbocycles. The molecule has 4 amide bonds. The summed E-state index contributed by atoms with van der Waals surface area (Å²) in [6.45, 7) is 7.50. The van der Waals surface area contributed by atoms with Gasteiger partial charge in [0.15, 0.2) is 11.7 Å². The van der Waals surface area contributed by atoms with Crippen LogP contribution in [0.3, 0.4) is 0 Å². The van der Waals surface area contributed by atoms with Crippen LogP contribution in [0.1, 0.15) is 42.4 Å². The Bertz CT molecular complexity index is 1700. The van der Waals surface area contributed by atoms with Gasteiger partial charge in [0.2, 0.25) is 0 Å². The van der Waals surface area contributed by atoms with Crippen LogP contribution >= 0.6 is 0 Å². The quantitative estimate of drug-likeness (QED) is 0.410. The van der Waals surface area contributed by atoms with Crippen LogP contribution in [0.4, 0.5) is 15.3 Å². The number of amides is 4. The van der Waals surface area contributed by atoms with Gasteiger partial charge in [-0.05, 0) is 67.9 Å². The number of piperazine rings is 1. The number of benzene rings is 2. The van der Waals surface area contributed by atoms with Gasteiger partial charge in [-0.15, -0.1) is 0 Å². The zero-order valence-corrected chi connectivity index (χ0v) is 27.4. The summed E-state index contributed by atoms with van der Waals surface area (Å²) in [6.07, 6.45) is 2.58. The first kappa shape index (κ1) is 32.2. The molecule has 0 spiro atoms. The summed E-state index contributed by atoms with van der Waals surface area (Å²) in [6, 6.07) is 11.8. The lowest BCUT2D eigenvalue weighted by Crippen LogP contribution is -2.56. The number of oxazole rings is 1. The average Bonchev–Trinajstić information content (AvgIpc) is 3.40. The molecule has 48 heavy (non-hydrogen) atoms. The van der Waals surface area contributed by atoms with Crippen LogP contribution < -0.4 is 11.1 Å². The number of anilines is 1. The van der Waals surface area contributed by atoms with Gasteiger partial charge in [-0.3, -0.25) is 14.7 Å². The van der Waals surface area contributed by atoms with Gasteiger partial charge in [0.05, 0.1) is 5.52 Å². The number of nitrogens with zero attached hydrogens (tertiary/aromatic N) is 4. The van der Waals surface area contributed by atoms with Crippen molar-refractivity contribution in [2.24, 2.45) is 0 Å². The van der Waals surface area contributed by atoms with E-state index < -0.39 is 18.0 Å². The zero-order chi connectivity index (χ0) is 33.2. The van der Waals surface area contributed by atoms with Crippen molar-refractivity contribution < 1.29 is 28.3 Å². The highest BCUT2D eigenvalue weighted by atomic mass is 16.6. The van der Waals surface area contributed by atoms with Crippen molar-refractivity contribution in [3.63, 3.8) is 0 Å². The van der Waals surface area contributed by atoms with Crippen LogP contribution in [-0.4, -0.2) is 120 Å². The number of likely N-dealkylation sites (tertiary alicyclic amines) is 1. The van der Waals surface area contributed by atoms with Crippen LogP contribution in [-0.2, 0) is 27.1 Å². The summed E-state index contributed by atoms with van der Waals surface area (Å²) >= 11 is 0. The number of hydrogen-bond donors (Lipinski definition) is 2. The van der Waals surface area contributed by atoms with E-state index in [1.54, 1.807) is 15.9 Å². The maximum Gasteiger partial charge on any atom is 0.417 e. The van der Waals surface area contributed by atoms with E-state index in [1.165, 1.54) is 0 Å². The highest BCUT2D eigenvalue weighted by molar-refractivity contribution is 5.91. The Morgan fingerprint density at radius 1 is 0.917 bits per heavy atom. The molecule has 4 aliphatic heterocycles. The Balaban J connectivity index is 1.01. The Kier molecular flexibility index (Phi) is 9.40. The van der Waals surface area contributed by atoms with E-state index in [9.17, 15) is 19.2 Å². The van der Waals surface area contributed by atoms with Crippen molar-refractivity contribution in [1.29, 1.82) is 0 Å². The lowest BCUT2D eigenvalue weighted by Gasteiger charge is -2.41. The molecule has 4 aliphatic rings. The van der Waals surface area contributed by atoms with E-state index in [0.29, 0.717) is 62.7 Å². The van der Waals surface area contributed by atoms with Crippen LogP contribution in [0, 0.1) is 6.92 Å². The summed E-state index contributed by atoms with van der Waals surface area (Å²) in [5, 5.41) is 3.04. The molecule has 1 unspecified atom stereocenters. The number of piperidine rings is 1. The Hall–Kier alpha value is -4.36. The molecule has 2 aromatic carbocycles. The molecule has 0 aliphatic carbocycles. The van der Waals surface area contributed by atoms with Crippen LogP contribution in [0.15, 0.2) is 45.6 Å². The molecule has 1 atom stereocenters. The molecule has 13 heteroatoms. The number of aromatic nitrogens is 1. The van der Waals surface area contributed by atoms with E-state index in [2.05, 4.69) is 15.2 Å². The third-order valence-corrected chi connectivity index (χ3v) is 10.4. The lowest BCUT2D eigenvalue weighted by atomic mass is 10.0. The maximum absolute atomic E-state index is 14.0. The Morgan fingerprint density at radius 2 is 1.67 bits per heavy atom. The second kappa shape index (κ2) is 14.0. The van der Waals surface area contributed by atoms with E-state index in [0.717, 1.165) is 67.9 Å². The first-order valence-electron chi connectivity index (χ1n) is 17.2. The number of H-pyrrole nitrogens is 1. The Morgan fingerprint density at radius 3 is 2.44 bits per heavy atom. The smallest absolute Gasteiger partial charge is 0.417 e. The third-order valence-electron chi connectivity index (χ3n) is 10.4. The fourth-order valence-corrected chi connectivity index (χ4v) is 7.66. The molecule has 5 heterocycles. The van der Waals surface area contributed by atoms with Crippen molar-refractivity contribution in [2.45, 2.75) is 63.6 Å². The predicted octanol–water partition coefficient (Wildman–Crippen LogP) is 3.36. The standard InChI is InChI=1S/C35H44N6O7/c1-23-20-24(21-29-31(23)37-34(44)47-29)22-30(32(42)39-16-14-38(15-17-39)26-9-18-46-19-10-26)48-35(45)40-11-7-27(8-12-40)41-13-6-25-4-2-3-5-28(25)36-33(41)43/h2-5,20-21,26-27,30H,6-19,22H2,1H3,(H,36,43)(H,37,44). The van der Waals surface area contributed by atoms with Gasteiger partial charge in [0, 0.05) is 83.2 Å². The second-order valence-electron chi connectivity index (χ2n) is 13.3. The van der Waals surface area contributed by atoms with Gasteiger partial charge in [0.25, 0.3) is 5.91 Å². The summed E-state index contributed by atoms with van der Waals surface area (Å²) in [5.74, 6) is -0.767. The highest BCUT2D eigenvalue weighted by Gasteiger charge is 2.36. The van der Waals surface area contributed by atoms with Crippen molar-refractivity contribution in [3.05, 3.63) is 63.6 Å². The maximum atomic E-state index is 14.0. The van der Waals surface area contributed by atoms with E-state index in [4.69, 9.17) is 13.9 Å². The van der Waals surface area contributed by atoms with Gasteiger partial charge < -0.3 is 33.9 Å². The van der Waals surface area contributed by atoms with E-state index in [-0.39, 0.29) is 24.4 Å². The Labute approximate surface area is 279 Å². The molecule has 256 valence electrons. The van der Waals surface area contributed by atoms with Gasteiger partial charge in [-0.1, -0.05) is 24.3 Å². The van der Waals surface area contributed by atoms with Crippen molar-refractivity contribution in [3.8, 4) is 0 Å². The van der Waals surface area contributed by atoms with Crippen molar-refractivity contribution in [1.82, 2.24) is 24.6 Å². The normalized spacial score (nSPS) is 20.7. The van der Waals surface area contributed by atoms with Crippen molar-refractivity contribution in [2.75, 3.05) is 64.3 Å². The molecule has 1 aromatic heterocycles. The van der Waals surface area contributed by atoms with E-state index >= 15 is 0 Å². The number of para-hydroxylation sites is 1. The van der Waals surface area contributed by atoms with E-state index in [1.807, 2.05) is 42.2 Å². The molecule has 0 radical (unpaired) electrons. The number of rotatable bonds is 6. The lowest BCUT2D eigenvalue weighted by molar-refractivity contribution is -0.143. The monoisotopic (exact) mass is 660 g/mol. The molecule has 3 saturated heterocycles. The topological polar surface area (TPSA) is 141 Å². The minimum absolute atomic E-state index is 0.00137. The molecule has 7 rings (SSSR count). The fraction of sp³-hybridized carbons (Fsp3) is 0.543. The molecular weight excluding hydrogens is 616 g/mol. The second-order valence-corrected chi connectivity index (χ2v) is 13.3. The van der Waals surface area contributed by atoms with Gasteiger partial charge in [-0.25, -0.2) is 14.4 Å². The minimum Gasteiger partial charge on any atom is -0.436 e. The molecule has 13 nitrogen and oxygen atoms in total. The fourth-order valence-electron chi connectivity index (χ4n) is 7.66. The number of aryl methyl sites for hydroxylation is 1. The number of urea groups is 1. The summed E-state index contributed by atoms with van der Waals surface area (Å²) in [5.41, 5.74) is 4.51. The minimum atomic E-state index is -1.04. The number of carbonyl (C=O) groups excluding carboxylic acids is 3. The molecule has 3 fully saturated rings. The molecule has 2 N–H and O–H groups in total. The average molecular weight is 661 g/mol. The zero-order valence-electron chi connectivity index (χ0n) is 27.4. The number of hydrogen-bond acceptors (Lipinski definition) is 8. The SMILES string of the molecule is Cc1cc(CC(OC(=O)N2CCC(N3CCc4ccccc4NC3=O)CC2)C(=O)N2CCN(C3CCOCC3)CC2)cc2oc(=O)[nH]c12. The van der Waals surface area contributed by atoms with Gasteiger partial charge >= 0.3 is 17.9 Å². The summed E-state index contributed by atoms with van der Waals surface area (Å²) in [7, 11) is 0. The van der Waals surface area contributed by atoms with Crippen LogP contribution in [0.25, 0.3) is 11.1 Å². The summed E-state index contributed by atoms with van der Waals surface area (Å²) < 4.78 is 16.9. The first-order chi connectivity index (χ1) is 23.3. The molecule has 3 aromatic rings. The molecular formula is C35H44N6O7. The number of carbonyl (C=O) groups is 3. The van der Waals surface area contributed by atoms with Gasteiger partial charge in [-0.2, -0.15) is 0 Å². The van der Waals surface area contributed by atoms with Gasteiger partial charge in [0.1, 0.15) is 0 Å². The first-order valence-corrected chi connectivity index (χ1v) is 17.2. The summed E-state index contributed by atoms with van der Waals surface area (Å²) in [4.78, 5) is 63.1. The third kappa shape index (κ3) is 6.93. The highest BCUT2D eigenvalue weighted by Crippen LogP contribution is 2.26. The number of ether oxygens (including phenoxy) is 2.